The summed E-state index contributed by atoms with van der Waals surface area (Å²) in [5.74, 6) is 11.9. The zero-order chi connectivity index (χ0) is 53.8. The van der Waals surface area contributed by atoms with Crippen molar-refractivity contribution < 1.29 is 0 Å². The lowest BCUT2D eigenvalue weighted by molar-refractivity contribution is -0.155. The molecule has 0 aromatic rings. The van der Waals surface area contributed by atoms with Crippen molar-refractivity contribution in [2.75, 3.05) is 0 Å². The Kier molecular flexibility index (Phi) is 16.4. The Labute approximate surface area is 502 Å². The summed E-state index contributed by atoms with van der Waals surface area (Å²) in [6.45, 7) is 0. The zero-order valence-electron chi connectivity index (χ0n) is 52.7. The first-order valence-electron chi connectivity index (χ1n) is 39.1. The van der Waals surface area contributed by atoms with Gasteiger partial charge in [-0.15, -0.1) is 0 Å². The lowest BCUT2D eigenvalue weighted by Gasteiger charge is -2.65. The van der Waals surface area contributed by atoms with Gasteiger partial charge in [0.25, 0.3) is 0 Å². The molecule has 0 aromatic heterocycles. The van der Waals surface area contributed by atoms with E-state index >= 15 is 0 Å². The number of fused-ring (bicyclic) bond motifs is 12. The average Bonchev–Trinajstić information content (AvgIpc) is 4.42. The van der Waals surface area contributed by atoms with Crippen LogP contribution in [0.4, 0.5) is 0 Å². The predicted molar refractivity (Wildman–Crippen MR) is 336 cm³/mol. The predicted octanol–water partition coefficient (Wildman–Crippen LogP) is 15.9. The van der Waals surface area contributed by atoms with Gasteiger partial charge in [-0.05, 0) is 231 Å². The Morgan fingerprint density at radius 2 is 0.451 bits per heavy atom. The van der Waals surface area contributed by atoms with E-state index in [9.17, 15) is 0 Å². The first-order chi connectivity index (χ1) is 40.7. The fourth-order valence-electron chi connectivity index (χ4n) is 28.4. The Bertz CT molecular complexity index is 2020. The second-order valence-electron chi connectivity index (χ2n) is 34.2. The number of rotatable bonds is 8. The Morgan fingerprint density at radius 1 is 0.183 bits per heavy atom. The molecule has 82 heavy (non-hydrogen) atoms. The lowest BCUT2D eigenvalue weighted by Crippen LogP contribution is -2.77. The maximum Gasteiger partial charge on any atom is 0.0624 e. The highest BCUT2D eigenvalue weighted by Gasteiger charge is 2.72. The maximum atomic E-state index is 4.52. The molecule has 3 N–H and O–H groups in total. The first kappa shape index (κ1) is 55.8. The minimum absolute atomic E-state index is 0.490. The third-order valence-corrected chi connectivity index (χ3v) is 31.1. The highest BCUT2D eigenvalue weighted by Crippen LogP contribution is 2.65. The van der Waals surface area contributed by atoms with Crippen LogP contribution in [0.25, 0.3) is 0 Å². The molecule has 460 valence electrons. The van der Waals surface area contributed by atoms with Crippen molar-refractivity contribution in [2.24, 2.45) is 76.9 Å². The summed E-state index contributed by atoms with van der Waals surface area (Å²) in [5, 5.41) is 13.4. The molecule has 0 amide bonds. The molecule has 7 heteroatoms. The van der Waals surface area contributed by atoms with Gasteiger partial charge in [-0.2, -0.15) is 0 Å². The Balaban J connectivity index is 0.833. The number of hydrogen-bond donors (Lipinski definition) is 3. The number of likely N-dealkylation sites (tertiary alicyclic amines) is 4. The SMILES string of the molecule is C1CCC(C2NC(C3CCCCC3)NC(C3CCC(C4C5C(C6CCCCC6N5C5CCCCC5)C(N5C6CCCCC6C6CCCCC65)C(N5C6CCCCC6C6CCCCC65)C4N4C5CCCCC5C5CCCCC54)CC3)N2)CC1. The summed E-state index contributed by atoms with van der Waals surface area (Å²) < 4.78 is 0. The third kappa shape index (κ3) is 9.61. The summed E-state index contributed by atoms with van der Waals surface area (Å²) in [6, 6.07) is 10.0. The molecular formula is C75H125N7. The van der Waals surface area contributed by atoms with Crippen LogP contribution >= 0.6 is 0 Å². The Hall–Kier alpha value is -0.280. The van der Waals surface area contributed by atoms with Crippen LogP contribution in [-0.4, -0.2) is 111 Å². The van der Waals surface area contributed by atoms with Gasteiger partial charge in [-0.25, -0.2) is 0 Å². The van der Waals surface area contributed by atoms with E-state index in [0.717, 1.165) is 149 Å². The first-order valence-corrected chi connectivity index (χ1v) is 39.1. The molecule has 0 spiro atoms. The summed E-state index contributed by atoms with van der Waals surface area (Å²) >= 11 is 0. The third-order valence-electron chi connectivity index (χ3n) is 31.1. The van der Waals surface area contributed by atoms with E-state index in [0.29, 0.717) is 18.5 Å². The second kappa shape index (κ2) is 24.2. The normalized spacial score (nSPS) is 52.2. The van der Waals surface area contributed by atoms with E-state index in [2.05, 4.69) is 35.6 Å². The van der Waals surface area contributed by atoms with Crippen molar-refractivity contribution in [1.82, 2.24) is 35.6 Å². The van der Waals surface area contributed by atoms with E-state index in [1.54, 1.807) is 89.9 Å². The molecule has 12 saturated carbocycles. The minimum Gasteiger partial charge on any atom is -0.294 e. The molecule has 0 aromatic carbocycles. The van der Waals surface area contributed by atoms with Crippen molar-refractivity contribution in [2.45, 2.75) is 393 Å². The maximum absolute atomic E-state index is 4.52. The number of nitrogens with zero attached hydrogens (tertiary/aromatic N) is 4. The largest absolute Gasteiger partial charge is 0.294 e. The van der Waals surface area contributed by atoms with Crippen molar-refractivity contribution >= 4 is 0 Å². The monoisotopic (exact) mass is 1120 g/mol. The smallest absolute Gasteiger partial charge is 0.0624 e. The zero-order valence-corrected chi connectivity index (χ0v) is 52.7. The van der Waals surface area contributed by atoms with Gasteiger partial charge in [-0.1, -0.05) is 148 Å². The van der Waals surface area contributed by atoms with Gasteiger partial charge in [-0.3, -0.25) is 35.6 Å². The van der Waals surface area contributed by atoms with Crippen LogP contribution in [0.15, 0.2) is 0 Å². The molecule has 5 saturated heterocycles. The van der Waals surface area contributed by atoms with Gasteiger partial charge >= 0.3 is 0 Å². The average molecular weight is 1120 g/mol. The second-order valence-corrected chi connectivity index (χ2v) is 34.2. The molecule has 5 heterocycles. The van der Waals surface area contributed by atoms with E-state index in [-0.39, 0.29) is 0 Å². The standard InChI is InChI=1S/C75H125N7/c1-4-24-49(25-5-1)73-76-74(50-26-6-2-7-27-50)78-75(77-73)51-46-44-48(45-47-51)67-69-68(59-36-16-23-43-66(59)79(69)52-28-8-3-9-29-52)71(81-62-39-19-12-32-55(62)56-33-13-20-40-63(56)81)72(82-64-41-21-14-34-57(64)58-35-15-22-42-65(58)82)70(67)80-60-37-17-10-30-53(60)54-31-11-18-38-61(54)80/h48-78H,1-47H2. The molecular weight excluding hydrogens is 999 g/mol. The summed E-state index contributed by atoms with van der Waals surface area (Å²) in [4.78, 5) is 15.0. The molecule has 12 aliphatic carbocycles. The quantitative estimate of drug-likeness (QED) is 0.224. The van der Waals surface area contributed by atoms with Gasteiger partial charge in [0.1, 0.15) is 0 Å². The van der Waals surface area contributed by atoms with Crippen LogP contribution in [0.5, 0.6) is 0 Å². The molecule has 22 atom stereocenters. The van der Waals surface area contributed by atoms with Crippen molar-refractivity contribution in [3.05, 3.63) is 0 Å². The summed E-state index contributed by atoms with van der Waals surface area (Å²) in [5.41, 5.74) is 0. The van der Waals surface area contributed by atoms with E-state index < -0.39 is 0 Å². The topological polar surface area (TPSA) is 49.1 Å². The molecule has 17 fully saturated rings. The molecule has 0 bridgehead atoms. The van der Waals surface area contributed by atoms with Gasteiger partial charge in [0, 0.05) is 72.5 Å². The molecule has 5 aliphatic heterocycles. The van der Waals surface area contributed by atoms with Gasteiger partial charge in [0.2, 0.25) is 0 Å². The van der Waals surface area contributed by atoms with Crippen LogP contribution in [0.1, 0.15) is 302 Å². The fourth-order valence-corrected chi connectivity index (χ4v) is 28.4. The van der Waals surface area contributed by atoms with Crippen LogP contribution in [0.3, 0.4) is 0 Å². The fraction of sp³-hybridized carbons (Fsp3) is 1.00. The minimum atomic E-state index is 0.490. The molecule has 22 unspecified atom stereocenters. The highest BCUT2D eigenvalue weighted by atomic mass is 15.4. The van der Waals surface area contributed by atoms with Crippen LogP contribution in [0.2, 0.25) is 0 Å². The van der Waals surface area contributed by atoms with Crippen LogP contribution in [-0.2, 0) is 0 Å². The van der Waals surface area contributed by atoms with Gasteiger partial charge in [0.15, 0.2) is 0 Å². The van der Waals surface area contributed by atoms with Crippen LogP contribution in [0, 0.1) is 76.9 Å². The Morgan fingerprint density at radius 3 is 0.829 bits per heavy atom. The molecule has 7 nitrogen and oxygen atoms in total. The van der Waals surface area contributed by atoms with E-state index in [4.69, 9.17) is 0 Å². The number of hydrogen-bond acceptors (Lipinski definition) is 7. The van der Waals surface area contributed by atoms with Crippen molar-refractivity contribution in [3.63, 3.8) is 0 Å². The molecule has 0 radical (unpaired) electrons. The van der Waals surface area contributed by atoms with Crippen LogP contribution < -0.4 is 16.0 Å². The van der Waals surface area contributed by atoms with E-state index in [1.807, 2.05) is 0 Å². The lowest BCUT2D eigenvalue weighted by atomic mass is 9.57. The highest BCUT2D eigenvalue weighted by molar-refractivity contribution is 5.26. The molecule has 17 aliphatic rings. The van der Waals surface area contributed by atoms with Crippen molar-refractivity contribution in [1.29, 1.82) is 0 Å². The number of nitrogens with one attached hydrogen (secondary N) is 3. The molecule has 17 rings (SSSR count). The van der Waals surface area contributed by atoms with Gasteiger partial charge < -0.3 is 0 Å². The van der Waals surface area contributed by atoms with Crippen molar-refractivity contribution in [3.8, 4) is 0 Å². The summed E-state index contributed by atoms with van der Waals surface area (Å²) in [6.07, 6.45) is 72.9. The van der Waals surface area contributed by atoms with Gasteiger partial charge in [0.05, 0.1) is 18.5 Å². The summed E-state index contributed by atoms with van der Waals surface area (Å²) in [7, 11) is 0. The van der Waals surface area contributed by atoms with E-state index in [1.165, 1.54) is 212 Å².